The number of methoxy groups -OCH3 is 1. The van der Waals surface area contributed by atoms with Gasteiger partial charge in [0.1, 0.15) is 9.88 Å². The van der Waals surface area contributed by atoms with E-state index in [9.17, 15) is 4.79 Å². The van der Waals surface area contributed by atoms with Crippen LogP contribution in [0.4, 0.5) is 0 Å². The number of carbonyl (C=O) groups excluding carboxylic acids is 1. The molecule has 0 unspecified atom stereocenters. The van der Waals surface area contributed by atoms with Gasteiger partial charge < -0.3 is 4.74 Å². The summed E-state index contributed by atoms with van der Waals surface area (Å²) in [5, 5.41) is 0.751. The molecule has 1 heterocycles. The van der Waals surface area contributed by atoms with Crippen LogP contribution in [0.1, 0.15) is 14.7 Å². The Morgan fingerprint density at radius 2 is 2.62 bits per heavy atom. The van der Waals surface area contributed by atoms with E-state index in [1.54, 1.807) is 12.2 Å². The smallest absolute Gasteiger partial charge is 0.349 e. The Kier molecular flexibility index (Phi) is 3.92. The fraction of sp³-hybridized carbons (Fsp3) is 0.250. The first-order valence-electron chi connectivity index (χ1n) is 3.54. The Hall–Kier alpha value is -0.870. The largest absolute Gasteiger partial charge is 0.465 e. The first-order chi connectivity index (χ1) is 6.27. The molecule has 0 radical (unpaired) electrons. The van der Waals surface area contributed by atoms with Crippen molar-refractivity contribution in [2.45, 2.75) is 0 Å². The molecule has 0 N–H and O–H groups in total. The summed E-state index contributed by atoms with van der Waals surface area (Å²) in [5.74, 6) is 0.0793. The fourth-order valence-electron chi connectivity index (χ4n) is 0.705. The number of thiazole rings is 1. The van der Waals surface area contributed by atoms with Crippen LogP contribution in [0.3, 0.4) is 0 Å². The third kappa shape index (κ3) is 2.82. The number of alkyl halides is 1. The predicted octanol–water partition coefficient (Wildman–Crippen LogP) is 2.18. The number of halogens is 1. The van der Waals surface area contributed by atoms with Crippen LogP contribution in [0, 0.1) is 0 Å². The average Bonchev–Trinajstić information content (AvgIpc) is 2.62. The standard InChI is InChI=1S/C8H8ClNO2S/c1-12-8(11)6-5-10-7(13-6)3-2-4-9/h2-3,5H,4H2,1H3. The van der Waals surface area contributed by atoms with Gasteiger partial charge in [-0.05, 0) is 6.08 Å². The van der Waals surface area contributed by atoms with Crippen molar-refractivity contribution >= 4 is 35.0 Å². The highest BCUT2D eigenvalue weighted by Gasteiger charge is 2.08. The molecule has 5 heteroatoms. The van der Waals surface area contributed by atoms with Crippen LogP contribution in [-0.4, -0.2) is 23.9 Å². The third-order valence-corrected chi connectivity index (χ3v) is 2.38. The zero-order valence-corrected chi connectivity index (χ0v) is 8.56. The first-order valence-corrected chi connectivity index (χ1v) is 4.89. The third-order valence-electron chi connectivity index (χ3n) is 1.26. The molecular formula is C8H8ClNO2S. The Morgan fingerprint density at radius 3 is 3.23 bits per heavy atom. The fourth-order valence-corrected chi connectivity index (χ4v) is 1.56. The highest BCUT2D eigenvalue weighted by molar-refractivity contribution is 7.14. The van der Waals surface area contributed by atoms with Gasteiger partial charge >= 0.3 is 5.97 Å². The van der Waals surface area contributed by atoms with Crippen LogP contribution in [0.5, 0.6) is 0 Å². The van der Waals surface area contributed by atoms with Crippen LogP contribution in [0.2, 0.25) is 0 Å². The summed E-state index contributed by atoms with van der Waals surface area (Å²) in [6.07, 6.45) is 5.02. The van der Waals surface area contributed by atoms with Gasteiger partial charge in [0.05, 0.1) is 13.3 Å². The van der Waals surface area contributed by atoms with Crippen molar-refractivity contribution < 1.29 is 9.53 Å². The second-order valence-corrected chi connectivity index (χ2v) is 3.48. The van der Waals surface area contributed by atoms with Crippen molar-refractivity contribution in [3.63, 3.8) is 0 Å². The number of hydrogen-bond acceptors (Lipinski definition) is 4. The van der Waals surface area contributed by atoms with Crippen LogP contribution in [0.15, 0.2) is 12.3 Å². The number of allylic oxidation sites excluding steroid dienone is 1. The molecule has 0 spiro atoms. The molecule has 0 atom stereocenters. The predicted molar refractivity (Wildman–Crippen MR) is 53.2 cm³/mol. The number of hydrogen-bond donors (Lipinski definition) is 0. The maximum atomic E-state index is 11.0. The summed E-state index contributed by atoms with van der Waals surface area (Å²) in [6, 6.07) is 0. The average molecular weight is 218 g/mol. The van der Waals surface area contributed by atoms with Gasteiger partial charge in [-0.15, -0.1) is 22.9 Å². The molecule has 0 aliphatic heterocycles. The molecule has 0 saturated heterocycles. The van der Waals surface area contributed by atoms with Gasteiger partial charge in [0.15, 0.2) is 0 Å². The Bertz CT molecular complexity index is 322. The lowest BCUT2D eigenvalue weighted by Crippen LogP contribution is -1.96. The zero-order valence-electron chi connectivity index (χ0n) is 6.99. The molecule has 0 amide bonds. The molecule has 0 fully saturated rings. The number of rotatable bonds is 3. The summed E-state index contributed by atoms with van der Waals surface area (Å²) in [4.78, 5) is 15.5. The van der Waals surface area contributed by atoms with Gasteiger partial charge in [0.2, 0.25) is 0 Å². The van der Waals surface area contributed by atoms with Gasteiger partial charge in [0, 0.05) is 5.88 Å². The van der Waals surface area contributed by atoms with E-state index in [4.69, 9.17) is 11.6 Å². The van der Waals surface area contributed by atoms with E-state index in [1.165, 1.54) is 24.6 Å². The van der Waals surface area contributed by atoms with Gasteiger partial charge in [-0.3, -0.25) is 0 Å². The number of esters is 1. The Morgan fingerprint density at radius 1 is 1.85 bits per heavy atom. The van der Waals surface area contributed by atoms with Gasteiger partial charge in [-0.2, -0.15) is 0 Å². The van der Waals surface area contributed by atoms with Crippen LogP contribution < -0.4 is 0 Å². The summed E-state index contributed by atoms with van der Waals surface area (Å²) in [6.45, 7) is 0. The van der Waals surface area contributed by atoms with E-state index in [2.05, 4.69) is 9.72 Å². The molecule has 3 nitrogen and oxygen atoms in total. The minimum atomic E-state index is -0.358. The second-order valence-electron chi connectivity index (χ2n) is 2.11. The van der Waals surface area contributed by atoms with E-state index in [0.717, 1.165) is 5.01 Å². The van der Waals surface area contributed by atoms with Crippen molar-refractivity contribution in [3.8, 4) is 0 Å². The molecule has 70 valence electrons. The van der Waals surface area contributed by atoms with Crippen LogP contribution >= 0.6 is 22.9 Å². The molecule has 0 aliphatic rings. The molecule has 0 aromatic carbocycles. The summed E-state index contributed by atoms with van der Waals surface area (Å²) >= 11 is 6.72. The topological polar surface area (TPSA) is 39.2 Å². The molecule has 0 aliphatic carbocycles. The molecule has 0 bridgehead atoms. The molecule has 1 rings (SSSR count). The highest BCUT2D eigenvalue weighted by atomic mass is 35.5. The summed E-state index contributed by atoms with van der Waals surface area (Å²) < 4.78 is 4.54. The number of ether oxygens (including phenoxy) is 1. The lowest BCUT2D eigenvalue weighted by atomic mass is 10.5. The zero-order chi connectivity index (χ0) is 9.68. The van der Waals surface area contributed by atoms with Gasteiger partial charge in [-0.1, -0.05) is 6.08 Å². The quantitative estimate of drug-likeness (QED) is 0.576. The Labute approximate surface area is 85.0 Å². The van der Waals surface area contributed by atoms with E-state index < -0.39 is 0 Å². The molecule has 1 aromatic heterocycles. The molecule has 13 heavy (non-hydrogen) atoms. The van der Waals surface area contributed by atoms with Crippen molar-refractivity contribution in [1.82, 2.24) is 4.98 Å². The van der Waals surface area contributed by atoms with Gasteiger partial charge in [-0.25, -0.2) is 9.78 Å². The Balaban J connectivity index is 2.74. The first kappa shape index (κ1) is 10.2. The van der Waals surface area contributed by atoms with Crippen LogP contribution in [-0.2, 0) is 4.74 Å². The lowest BCUT2D eigenvalue weighted by molar-refractivity contribution is 0.0606. The van der Waals surface area contributed by atoms with Gasteiger partial charge in [0.25, 0.3) is 0 Å². The SMILES string of the molecule is COC(=O)c1cnc(C=CCCl)s1. The maximum absolute atomic E-state index is 11.0. The normalized spacial score (nSPS) is 10.6. The van der Waals surface area contributed by atoms with E-state index in [-0.39, 0.29) is 5.97 Å². The lowest BCUT2D eigenvalue weighted by Gasteiger charge is -1.89. The number of aromatic nitrogens is 1. The van der Waals surface area contributed by atoms with Crippen molar-refractivity contribution in [2.24, 2.45) is 0 Å². The van der Waals surface area contributed by atoms with E-state index in [0.29, 0.717) is 10.8 Å². The minimum absolute atomic E-state index is 0.358. The number of nitrogens with zero attached hydrogens (tertiary/aromatic N) is 1. The van der Waals surface area contributed by atoms with Crippen molar-refractivity contribution in [1.29, 1.82) is 0 Å². The van der Waals surface area contributed by atoms with Crippen LogP contribution in [0.25, 0.3) is 6.08 Å². The maximum Gasteiger partial charge on any atom is 0.349 e. The number of carbonyl (C=O) groups is 1. The van der Waals surface area contributed by atoms with Crippen molar-refractivity contribution in [2.75, 3.05) is 13.0 Å². The van der Waals surface area contributed by atoms with Crippen molar-refractivity contribution in [3.05, 3.63) is 22.2 Å². The molecule has 1 aromatic rings. The second kappa shape index (κ2) is 4.99. The van der Waals surface area contributed by atoms with E-state index >= 15 is 0 Å². The summed E-state index contributed by atoms with van der Waals surface area (Å²) in [5.41, 5.74) is 0. The monoisotopic (exact) mass is 217 g/mol. The van der Waals surface area contributed by atoms with E-state index in [1.807, 2.05) is 0 Å². The summed E-state index contributed by atoms with van der Waals surface area (Å²) in [7, 11) is 1.34. The molecule has 0 saturated carbocycles. The minimum Gasteiger partial charge on any atom is -0.465 e. The highest BCUT2D eigenvalue weighted by Crippen LogP contribution is 2.15. The molecular weight excluding hydrogens is 210 g/mol.